The lowest BCUT2D eigenvalue weighted by atomic mass is 10.2. The number of nitrogens with one attached hydrogen (secondary N) is 1. The number of rotatable bonds is 8. The lowest BCUT2D eigenvalue weighted by Gasteiger charge is -2.22. The molecule has 1 heterocycles. The number of nitrogens with two attached hydrogens (primary N) is 1. The summed E-state index contributed by atoms with van der Waals surface area (Å²) in [6, 6.07) is 3.72. The number of anilines is 2. The second kappa shape index (κ2) is 8.08. The highest BCUT2D eigenvalue weighted by atomic mass is 16.5. The van der Waals surface area contributed by atoms with Gasteiger partial charge in [-0.05, 0) is 52.4 Å². The van der Waals surface area contributed by atoms with E-state index in [-0.39, 0.29) is 5.60 Å². The highest BCUT2D eigenvalue weighted by Gasteiger charge is 2.15. The standard InChI is InChI=1S/C16H30N4O/c1-6-11-20(7-2)12-10-18-14-9-8-13(17)15(19-14)21-16(3,4)5/h8-9H,6-7,10-12,17H2,1-5H3,(H,18,19). The first-order chi connectivity index (χ1) is 9.85. The summed E-state index contributed by atoms with van der Waals surface area (Å²) in [7, 11) is 0. The van der Waals surface area contributed by atoms with Crippen molar-refractivity contribution < 1.29 is 4.74 Å². The van der Waals surface area contributed by atoms with Crippen LogP contribution in [-0.2, 0) is 0 Å². The molecule has 0 fully saturated rings. The van der Waals surface area contributed by atoms with E-state index >= 15 is 0 Å². The number of pyridine rings is 1. The largest absolute Gasteiger partial charge is 0.470 e. The summed E-state index contributed by atoms with van der Waals surface area (Å²) in [6.07, 6.45) is 1.18. The monoisotopic (exact) mass is 294 g/mol. The first-order valence-corrected chi connectivity index (χ1v) is 7.77. The Kier molecular flexibility index (Phi) is 6.75. The van der Waals surface area contributed by atoms with Crippen LogP contribution in [0.4, 0.5) is 11.5 Å². The first-order valence-electron chi connectivity index (χ1n) is 7.77. The van der Waals surface area contributed by atoms with Gasteiger partial charge in [-0.3, -0.25) is 0 Å². The Morgan fingerprint density at radius 2 is 1.95 bits per heavy atom. The molecule has 0 aliphatic heterocycles. The Balaban J connectivity index is 2.58. The van der Waals surface area contributed by atoms with Gasteiger partial charge in [-0.25, -0.2) is 0 Å². The van der Waals surface area contributed by atoms with Crippen molar-refractivity contribution in [2.75, 3.05) is 37.2 Å². The molecule has 0 aromatic carbocycles. The molecule has 0 radical (unpaired) electrons. The quantitative estimate of drug-likeness (QED) is 0.771. The molecular formula is C16H30N4O. The highest BCUT2D eigenvalue weighted by molar-refractivity contribution is 5.53. The van der Waals surface area contributed by atoms with Crippen molar-refractivity contribution in [2.45, 2.75) is 46.6 Å². The molecule has 1 aromatic heterocycles. The average molecular weight is 294 g/mol. The summed E-state index contributed by atoms with van der Waals surface area (Å²) in [5, 5.41) is 3.33. The zero-order valence-corrected chi connectivity index (χ0v) is 14.1. The van der Waals surface area contributed by atoms with Gasteiger partial charge in [0.05, 0.1) is 5.69 Å². The molecule has 0 bridgehead atoms. The van der Waals surface area contributed by atoms with Crippen LogP contribution in [0, 0.1) is 0 Å². The van der Waals surface area contributed by atoms with E-state index in [1.54, 1.807) is 0 Å². The van der Waals surface area contributed by atoms with Gasteiger partial charge in [-0.15, -0.1) is 0 Å². The fourth-order valence-corrected chi connectivity index (χ4v) is 2.01. The molecule has 0 aliphatic rings. The van der Waals surface area contributed by atoms with Crippen LogP contribution in [0.2, 0.25) is 0 Å². The van der Waals surface area contributed by atoms with Crippen LogP contribution in [0.5, 0.6) is 5.88 Å². The van der Waals surface area contributed by atoms with Gasteiger partial charge in [-0.1, -0.05) is 13.8 Å². The summed E-state index contributed by atoms with van der Waals surface area (Å²) in [4.78, 5) is 6.86. The van der Waals surface area contributed by atoms with Crippen LogP contribution in [0.25, 0.3) is 0 Å². The SMILES string of the molecule is CCCN(CC)CCNc1ccc(N)c(OC(C)(C)C)n1. The van der Waals surface area contributed by atoms with Crippen LogP contribution in [0.1, 0.15) is 41.0 Å². The van der Waals surface area contributed by atoms with E-state index in [9.17, 15) is 0 Å². The molecule has 1 aromatic rings. The van der Waals surface area contributed by atoms with Gasteiger partial charge in [0.15, 0.2) is 0 Å². The zero-order chi connectivity index (χ0) is 15.9. The molecule has 1 rings (SSSR count). The van der Waals surface area contributed by atoms with E-state index in [0.29, 0.717) is 11.6 Å². The highest BCUT2D eigenvalue weighted by Crippen LogP contribution is 2.24. The van der Waals surface area contributed by atoms with Crippen molar-refractivity contribution in [3.05, 3.63) is 12.1 Å². The second-order valence-corrected chi connectivity index (χ2v) is 6.17. The Morgan fingerprint density at radius 1 is 1.24 bits per heavy atom. The van der Waals surface area contributed by atoms with E-state index < -0.39 is 0 Å². The molecule has 21 heavy (non-hydrogen) atoms. The predicted molar refractivity (Wildman–Crippen MR) is 89.9 cm³/mol. The zero-order valence-electron chi connectivity index (χ0n) is 14.1. The maximum absolute atomic E-state index is 5.91. The number of likely N-dealkylation sites (N-methyl/N-ethyl adjacent to an activating group) is 1. The topological polar surface area (TPSA) is 63.4 Å². The number of hydrogen-bond acceptors (Lipinski definition) is 5. The minimum absolute atomic E-state index is 0.306. The Morgan fingerprint density at radius 3 is 2.52 bits per heavy atom. The molecule has 0 aliphatic carbocycles. The van der Waals surface area contributed by atoms with Crippen molar-refractivity contribution in [3.63, 3.8) is 0 Å². The Hall–Kier alpha value is -1.49. The molecule has 120 valence electrons. The molecular weight excluding hydrogens is 264 g/mol. The molecule has 0 atom stereocenters. The normalized spacial score (nSPS) is 11.7. The molecule has 5 nitrogen and oxygen atoms in total. The van der Waals surface area contributed by atoms with Gasteiger partial charge in [0.25, 0.3) is 0 Å². The maximum atomic E-state index is 5.91. The second-order valence-electron chi connectivity index (χ2n) is 6.17. The molecule has 0 unspecified atom stereocenters. The lowest BCUT2D eigenvalue weighted by molar-refractivity contribution is 0.125. The van der Waals surface area contributed by atoms with E-state index in [1.165, 1.54) is 6.42 Å². The van der Waals surface area contributed by atoms with Crippen molar-refractivity contribution in [3.8, 4) is 5.88 Å². The average Bonchev–Trinajstić information content (AvgIpc) is 2.39. The van der Waals surface area contributed by atoms with Crippen LogP contribution in [0.15, 0.2) is 12.1 Å². The van der Waals surface area contributed by atoms with Crippen molar-refractivity contribution in [2.24, 2.45) is 0 Å². The summed E-state index contributed by atoms with van der Waals surface area (Å²) in [6.45, 7) is 14.4. The van der Waals surface area contributed by atoms with Crippen LogP contribution in [0.3, 0.4) is 0 Å². The van der Waals surface area contributed by atoms with Gasteiger partial charge in [-0.2, -0.15) is 4.98 Å². The third kappa shape index (κ3) is 6.67. The number of aromatic nitrogens is 1. The minimum atomic E-state index is -0.306. The van der Waals surface area contributed by atoms with Gasteiger partial charge >= 0.3 is 0 Å². The predicted octanol–water partition coefficient (Wildman–Crippen LogP) is 2.98. The fourth-order valence-electron chi connectivity index (χ4n) is 2.01. The molecule has 5 heteroatoms. The number of ether oxygens (including phenoxy) is 1. The molecule has 0 saturated heterocycles. The smallest absolute Gasteiger partial charge is 0.239 e. The van der Waals surface area contributed by atoms with E-state index in [1.807, 2.05) is 32.9 Å². The van der Waals surface area contributed by atoms with E-state index in [4.69, 9.17) is 10.5 Å². The van der Waals surface area contributed by atoms with Crippen molar-refractivity contribution in [1.82, 2.24) is 9.88 Å². The van der Waals surface area contributed by atoms with Crippen molar-refractivity contribution >= 4 is 11.5 Å². The third-order valence-corrected chi connectivity index (χ3v) is 3.01. The molecule has 0 amide bonds. The molecule has 3 N–H and O–H groups in total. The summed E-state index contributed by atoms with van der Waals surface area (Å²) in [5.74, 6) is 1.30. The van der Waals surface area contributed by atoms with Crippen LogP contribution < -0.4 is 15.8 Å². The number of hydrogen-bond donors (Lipinski definition) is 2. The van der Waals surface area contributed by atoms with Gasteiger partial charge in [0, 0.05) is 13.1 Å². The summed E-state index contributed by atoms with van der Waals surface area (Å²) >= 11 is 0. The Bertz CT molecular complexity index is 429. The number of nitrogen functional groups attached to an aromatic ring is 1. The first kappa shape index (κ1) is 17.6. The lowest BCUT2D eigenvalue weighted by Crippen LogP contribution is -2.29. The molecule has 0 spiro atoms. The van der Waals surface area contributed by atoms with Crippen molar-refractivity contribution in [1.29, 1.82) is 0 Å². The van der Waals surface area contributed by atoms with E-state index in [0.717, 1.165) is 32.0 Å². The Labute approximate surface area is 128 Å². The van der Waals surface area contributed by atoms with Gasteiger partial charge in [0.2, 0.25) is 5.88 Å². The summed E-state index contributed by atoms with van der Waals surface area (Å²) < 4.78 is 5.77. The van der Waals surface area contributed by atoms with Gasteiger partial charge in [0.1, 0.15) is 11.4 Å². The number of nitrogens with zero attached hydrogens (tertiary/aromatic N) is 2. The third-order valence-electron chi connectivity index (χ3n) is 3.01. The van der Waals surface area contributed by atoms with Gasteiger partial charge < -0.3 is 20.7 Å². The summed E-state index contributed by atoms with van der Waals surface area (Å²) in [5.41, 5.74) is 6.17. The molecule has 0 saturated carbocycles. The minimum Gasteiger partial charge on any atom is -0.470 e. The van der Waals surface area contributed by atoms with E-state index in [2.05, 4.69) is 29.0 Å². The van der Waals surface area contributed by atoms with Crippen LogP contribution >= 0.6 is 0 Å². The van der Waals surface area contributed by atoms with Crippen LogP contribution in [-0.4, -0.2) is 41.7 Å². The maximum Gasteiger partial charge on any atom is 0.239 e. The fraction of sp³-hybridized carbons (Fsp3) is 0.688.